The van der Waals surface area contributed by atoms with E-state index in [1.54, 1.807) is 50.1 Å². The molecule has 1 saturated heterocycles. The maximum absolute atomic E-state index is 13.6. The molecule has 8 heteroatoms. The van der Waals surface area contributed by atoms with Crippen molar-refractivity contribution in [3.05, 3.63) is 88.3 Å². The van der Waals surface area contributed by atoms with E-state index in [9.17, 15) is 19.1 Å². The van der Waals surface area contributed by atoms with Gasteiger partial charge in [-0.1, -0.05) is 18.2 Å². The highest BCUT2D eigenvalue weighted by Gasteiger charge is 2.46. The van der Waals surface area contributed by atoms with Crippen LogP contribution in [0.15, 0.2) is 54.4 Å². The van der Waals surface area contributed by atoms with Crippen LogP contribution >= 0.6 is 0 Å². The van der Waals surface area contributed by atoms with Gasteiger partial charge in [0.15, 0.2) is 0 Å². The lowest BCUT2D eigenvalue weighted by molar-refractivity contribution is -0.140. The molecule has 2 aromatic heterocycles. The monoisotopic (exact) mass is 420 g/mol. The number of hydrogen-bond donors (Lipinski definition) is 1. The summed E-state index contributed by atoms with van der Waals surface area (Å²) < 4.78 is 15.2. The molecular weight excluding hydrogens is 399 g/mol. The number of Topliss-reactive ketones (excluding diaryl/α,β-unsaturated/α-hetero) is 1. The first-order valence-electron chi connectivity index (χ1n) is 9.73. The number of hydrogen-bond acceptors (Lipinski definition) is 5. The van der Waals surface area contributed by atoms with E-state index in [0.717, 1.165) is 5.56 Å². The van der Waals surface area contributed by atoms with Crippen molar-refractivity contribution in [3.63, 3.8) is 0 Å². The zero-order valence-electron chi connectivity index (χ0n) is 17.3. The number of halogens is 1. The summed E-state index contributed by atoms with van der Waals surface area (Å²) in [5.74, 6) is -2.26. The third kappa shape index (κ3) is 3.50. The van der Waals surface area contributed by atoms with E-state index in [1.165, 1.54) is 29.2 Å². The molecule has 1 atom stereocenters. The summed E-state index contributed by atoms with van der Waals surface area (Å²) in [5, 5.41) is 15.5. The molecule has 1 fully saturated rings. The van der Waals surface area contributed by atoms with Gasteiger partial charge in [-0.05, 0) is 43.2 Å². The van der Waals surface area contributed by atoms with E-state index < -0.39 is 23.5 Å². The highest BCUT2D eigenvalue weighted by molar-refractivity contribution is 6.46. The Hall–Kier alpha value is -3.81. The SMILES string of the molecule is Cc1nn(C)c(C)c1/C(O)=C1\C(=O)C(=O)N(Cc2cccnc2)C1c1ccc(F)cc1. The van der Waals surface area contributed by atoms with Crippen LogP contribution in [0.4, 0.5) is 4.39 Å². The number of carbonyl (C=O) groups excluding carboxylic acids is 2. The van der Waals surface area contributed by atoms with Crippen LogP contribution in [-0.2, 0) is 23.2 Å². The molecule has 1 amide bonds. The molecule has 1 aromatic carbocycles. The molecule has 3 aromatic rings. The van der Waals surface area contributed by atoms with E-state index in [2.05, 4.69) is 10.1 Å². The summed E-state index contributed by atoms with van der Waals surface area (Å²) >= 11 is 0. The fourth-order valence-corrected chi connectivity index (χ4v) is 3.97. The molecule has 158 valence electrons. The smallest absolute Gasteiger partial charge is 0.295 e. The normalized spacial score (nSPS) is 18.1. The summed E-state index contributed by atoms with van der Waals surface area (Å²) in [4.78, 5) is 31.5. The lowest BCUT2D eigenvalue weighted by atomic mass is 9.94. The number of carbonyl (C=O) groups is 2. The zero-order valence-corrected chi connectivity index (χ0v) is 17.3. The third-order valence-corrected chi connectivity index (χ3v) is 5.55. The largest absolute Gasteiger partial charge is 0.507 e. The van der Waals surface area contributed by atoms with Crippen molar-refractivity contribution in [2.24, 2.45) is 7.05 Å². The molecular formula is C23H21FN4O3. The number of pyridine rings is 1. The first-order valence-corrected chi connectivity index (χ1v) is 9.73. The molecule has 4 rings (SSSR count). The Morgan fingerprint density at radius 2 is 1.87 bits per heavy atom. The van der Waals surface area contributed by atoms with E-state index >= 15 is 0 Å². The molecule has 0 saturated carbocycles. The van der Waals surface area contributed by atoms with Crippen LogP contribution in [0.3, 0.4) is 0 Å². The van der Waals surface area contributed by atoms with Crippen LogP contribution in [0.1, 0.15) is 34.1 Å². The third-order valence-electron chi connectivity index (χ3n) is 5.55. The Kier molecular flexibility index (Phi) is 5.14. The van der Waals surface area contributed by atoms with Gasteiger partial charge in [-0.25, -0.2) is 4.39 Å². The number of aryl methyl sites for hydroxylation is 2. The molecule has 1 aliphatic heterocycles. The van der Waals surface area contributed by atoms with Crippen molar-refractivity contribution in [3.8, 4) is 0 Å². The highest BCUT2D eigenvalue weighted by Crippen LogP contribution is 2.41. The predicted octanol–water partition coefficient (Wildman–Crippen LogP) is 3.19. The minimum absolute atomic E-state index is 0.0419. The van der Waals surface area contributed by atoms with Gasteiger partial charge in [0.25, 0.3) is 11.7 Å². The van der Waals surface area contributed by atoms with Crippen molar-refractivity contribution in [2.75, 3.05) is 0 Å². The number of aliphatic hydroxyl groups is 1. The quantitative estimate of drug-likeness (QED) is 0.398. The number of likely N-dealkylation sites (tertiary alicyclic amines) is 1. The summed E-state index contributed by atoms with van der Waals surface area (Å²) in [6.45, 7) is 3.61. The number of ketones is 1. The van der Waals surface area contributed by atoms with E-state index in [-0.39, 0.29) is 17.9 Å². The molecule has 0 radical (unpaired) electrons. The van der Waals surface area contributed by atoms with Crippen LogP contribution in [-0.4, -0.2) is 36.5 Å². The van der Waals surface area contributed by atoms with E-state index in [0.29, 0.717) is 22.5 Å². The summed E-state index contributed by atoms with van der Waals surface area (Å²) in [5.41, 5.74) is 2.81. The van der Waals surface area contributed by atoms with Gasteiger partial charge in [0.2, 0.25) is 0 Å². The van der Waals surface area contributed by atoms with Gasteiger partial charge in [0.1, 0.15) is 11.6 Å². The van der Waals surface area contributed by atoms with Crippen molar-refractivity contribution < 1.29 is 19.1 Å². The Morgan fingerprint density at radius 3 is 2.45 bits per heavy atom. The minimum Gasteiger partial charge on any atom is -0.507 e. The molecule has 31 heavy (non-hydrogen) atoms. The van der Waals surface area contributed by atoms with Gasteiger partial charge < -0.3 is 10.0 Å². The Bertz CT molecular complexity index is 1200. The van der Waals surface area contributed by atoms with E-state index in [4.69, 9.17) is 0 Å². The molecule has 1 unspecified atom stereocenters. The maximum Gasteiger partial charge on any atom is 0.295 e. The lowest BCUT2D eigenvalue weighted by Gasteiger charge is -2.25. The summed E-state index contributed by atoms with van der Waals surface area (Å²) in [7, 11) is 1.73. The zero-order chi connectivity index (χ0) is 22.3. The van der Waals surface area contributed by atoms with Crippen molar-refractivity contribution in [1.29, 1.82) is 0 Å². The van der Waals surface area contributed by atoms with Crippen LogP contribution in [0.25, 0.3) is 5.76 Å². The van der Waals surface area contributed by atoms with Gasteiger partial charge in [-0.3, -0.25) is 19.3 Å². The van der Waals surface area contributed by atoms with Crippen molar-refractivity contribution in [2.45, 2.75) is 26.4 Å². The Balaban J connectivity index is 1.91. The summed E-state index contributed by atoms with van der Waals surface area (Å²) in [6, 6.07) is 8.21. The van der Waals surface area contributed by atoms with Crippen LogP contribution in [0, 0.1) is 19.7 Å². The van der Waals surface area contributed by atoms with Crippen molar-refractivity contribution in [1.82, 2.24) is 19.7 Å². The number of amides is 1. The van der Waals surface area contributed by atoms with Gasteiger partial charge in [-0.15, -0.1) is 0 Å². The topological polar surface area (TPSA) is 88.3 Å². The van der Waals surface area contributed by atoms with Crippen LogP contribution in [0.5, 0.6) is 0 Å². The molecule has 1 aliphatic rings. The summed E-state index contributed by atoms with van der Waals surface area (Å²) in [6.07, 6.45) is 3.22. The number of aliphatic hydroxyl groups excluding tert-OH is 1. The van der Waals surface area contributed by atoms with Crippen molar-refractivity contribution >= 4 is 17.4 Å². The average Bonchev–Trinajstić information content (AvgIpc) is 3.15. The van der Waals surface area contributed by atoms with Gasteiger partial charge >= 0.3 is 0 Å². The lowest BCUT2D eigenvalue weighted by Crippen LogP contribution is -2.29. The second-order valence-corrected chi connectivity index (χ2v) is 7.51. The average molecular weight is 420 g/mol. The second-order valence-electron chi connectivity index (χ2n) is 7.51. The maximum atomic E-state index is 13.6. The minimum atomic E-state index is -0.875. The van der Waals surface area contributed by atoms with Crippen LogP contribution < -0.4 is 0 Å². The highest BCUT2D eigenvalue weighted by atomic mass is 19.1. The van der Waals surface area contributed by atoms with E-state index in [1.807, 2.05) is 0 Å². The first-order chi connectivity index (χ1) is 14.8. The molecule has 0 spiro atoms. The number of aromatic nitrogens is 3. The fraction of sp³-hybridized carbons (Fsp3) is 0.217. The van der Waals surface area contributed by atoms with Gasteiger partial charge in [-0.2, -0.15) is 5.10 Å². The first kappa shape index (κ1) is 20.5. The fourth-order valence-electron chi connectivity index (χ4n) is 3.97. The Labute approximate surface area is 178 Å². The number of nitrogens with zero attached hydrogens (tertiary/aromatic N) is 4. The van der Waals surface area contributed by atoms with Gasteiger partial charge in [0.05, 0.1) is 22.9 Å². The predicted molar refractivity (Wildman–Crippen MR) is 111 cm³/mol. The molecule has 7 nitrogen and oxygen atoms in total. The second kappa shape index (κ2) is 7.79. The number of benzene rings is 1. The molecule has 0 bridgehead atoms. The molecule has 3 heterocycles. The standard InChI is InChI=1S/C23H21FN4O3/c1-13-18(14(2)27(3)26-13)21(29)19-20(16-6-8-17(24)9-7-16)28(23(31)22(19)30)12-15-5-4-10-25-11-15/h4-11,20,29H,12H2,1-3H3/b21-19+. The molecule has 1 N–H and O–H groups in total. The van der Waals surface area contributed by atoms with Gasteiger partial charge in [0, 0.05) is 31.7 Å². The Morgan fingerprint density at radius 1 is 1.16 bits per heavy atom. The number of rotatable bonds is 4. The molecule has 0 aliphatic carbocycles. The van der Waals surface area contributed by atoms with Crippen LogP contribution in [0.2, 0.25) is 0 Å².